The van der Waals surface area contributed by atoms with Crippen LogP contribution in [0.2, 0.25) is 0 Å². The largest absolute Gasteiger partial charge is 0.495 e. The van der Waals surface area contributed by atoms with Crippen molar-refractivity contribution in [3.8, 4) is 17.2 Å². The maximum Gasteiger partial charge on any atom is 0.247 e. The predicted molar refractivity (Wildman–Crippen MR) is 101 cm³/mol. The molecule has 27 heavy (non-hydrogen) atoms. The highest BCUT2D eigenvalue weighted by Gasteiger charge is 2.20. The summed E-state index contributed by atoms with van der Waals surface area (Å²) in [6.07, 6.45) is 0.284. The molecule has 8 heteroatoms. The average Bonchev–Trinajstić information content (AvgIpc) is 3.13. The minimum Gasteiger partial charge on any atom is -0.495 e. The molecule has 0 radical (unpaired) electrons. The highest BCUT2D eigenvalue weighted by molar-refractivity contribution is 7.89. The molecule has 0 aliphatic rings. The van der Waals surface area contributed by atoms with Crippen LogP contribution in [0.4, 0.5) is 0 Å². The van der Waals surface area contributed by atoms with E-state index in [1.54, 1.807) is 12.1 Å². The number of ether oxygens (including phenoxy) is 1. The molecule has 1 heterocycles. The maximum atomic E-state index is 12.6. The number of nitrogens with zero attached hydrogens (tertiary/aromatic N) is 2. The second-order valence-corrected chi connectivity index (χ2v) is 7.84. The van der Waals surface area contributed by atoms with E-state index in [1.807, 2.05) is 44.2 Å². The molecule has 1 aromatic heterocycles. The van der Waals surface area contributed by atoms with Gasteiger partial charge in [0.05, 0.1) is 7.11 Å². The lowest BCUT2D eigenvalue weighted by Crippen LogP contribution is -2.26. The molecule has 2 aromatic carbocycles. The van der Waals surface area contributed by atoms with Crippen molar-refractivity contribution in [2.45, 2.75) is 25.2 Å². The van der Waals surface area contributed by atoms with Crippen LogP contribution in [0.5, 0.6) is 5.75 Å². The van der Waals surface area contributed by atoms with E-state index in [1.165, 1.54) is 7.11 Å². The number of sulfonamides is 1. The van der Waals surface area contributed by atoms with Gasteiger partial charge in [0.25, 0.3) is 0 Å². The Morgan fingerprint density at radius 3 is 2.48 bits per heavy atom. The van der Waals surface area contributed by atoms with Gasteiger partial charge in [0, 0.05) is 18.5 Å². The van der Waals surface area contributed by atoms with Gasteiger partial charge in [-0.25, -0.2) is 13.1 Å². The Balaban J connectivity index is 1.69. The Morgan fingerprint density at radius 1 is 1.07 bits per heavy atom. The van der Waals surface area contributed by atoms with E-state index < -0.39 is 10.0 Å². The van der Waals surface area contributed by atoms with Crippen molar-refractivity contribution in [2.75, 3.05) is 13.7 Å². The summed E-state index contributed by atoms with van der Waals surface area (Å²) < 4.78 is 38.6. The van der Waals surface area contributed by atoms with Gasteiger partial charge in [-0.3, -0.25) is 0 Å². The van der Waals surface area contributed by atoms with Crippen LogP contribution in [-0.2, 0) is 16.4 Å². The molecule has 3 aromatic rings. The molecule has 0 spiro atoms. The number of hydrogen-bond donors (Lipinski definition) is 1. The lowest BCUT2D eigenvalue weighted by molar-refractivity contribution is 0.401. The number of nitrogens with one attached hydrogen (secondary N) is 1. The molecule has 0 aliphatic carbocycles. The molecule has 142 valence electrons. The summed E-state index contributed by atoms with van der Waals surface area (Å²) in [6, 6.07) is 12.7. The summed E-state index contributed by atoms with van der Waals surface area (Å²) in [7, 11) is -2.27. The van der Waals surface area contributed by atoms with Gasteiger partial charge in [0.15, 0.2) is 0 Å². The zero-order valence-electron chi connectivity index (χ0n) is 15.4. The fraction of sp³-hybridized carbons (Fsp3) is 0.263. The lowest BCUT2D eigenvalue weighted by atomic mass is 10.1. The number of rotatable bonds is 7. The number of hydrogen-bond acceptors (Lipinski definition) is 6. The van der Waals surface area contributed by atoms with Crippen LogP contribution in [0, 0.1) is 13.8 Å². The summed E-state index contributed by atoms with van der Waals surface area (Å²) in [4.78, 5) is 0.114. The van der Waals surface area contributed by atoms with Gasteiger partial charge in [0.2, 0.25) is 21.8 Å². The van der Waals surface area contributed by atoms with E-state index in [2.05, 4.69) is 14.9 Å². The molecular weight excluding hydrogens is 366 g/mol. The van der Waals surface area contributed by atoms with Gasteiger partial charge < -0.3 is 9.15 Å². The van der Waals surface area contributed by atoms with E-state index in [4.69, 9.17) is 9.15 Å². The van der Waals surface area contributed by atoms with Gasteiger partial charge in [-0.2, -0.15) is 0 Å². The monoisotopic (exact) mass is 387 g/mol. The predicted octanol–water partition coefficient (Wildman–Crippen LogP) is 2.88. The van der Waals surface area contributed by atoms with Crippen molar-refractivity contribution in [1.82, 2.24) is 14.9 Å². The van der Waals surface area contributed by atoms with Crippen molar-refractivity contribution >= 4 is 10.0 Å². The second kappa shape index (κ2) is 7.89. The first-order chi connectivity index (χ1) is 12.9. The van der Waals surface area contributed by atoms with Crippen molar-refractivity contribution in [2.24, 2.45) is 0 Å². The third-order valence-electron chi connectivity index (χ3n) is 4.19. The Bertz CT molecular complexity index is 1030. The van der Waals surface area contributed by atoms with Crippen molar-refractivity contribution in [3.05, 3.63) is 59.5 Å². The minimum atomic E-state index is -3.72. The van der Waals surface area contributed by atoms with Gasteiger partial charge >= 0.3 is 0 Å². The molecule has 0 saturated heterocycles. The molecule has 3 rings (SSSR count). The van der Waals surface area contributed by atoms with E-state index in [0.717, 1.165) is 16.7 Å². The molecule has 0 saturated carbocycles. The van der Waals surface area contributed by atoms with Gasteiger partial charge in [-0.1, -0.05) is 18.2 Å². The van der Waals surface area contributed by atoms with Crippen LogP contribution in [0.1, 0.15) is 17.0 Å². The van der Waals surface area contributed by atoms with Gasteiger partial charge in [-0.05, 0) is 49.2 Å². The SMILES string of the molecule is COc1cc(C)c(C)cc1S(=O)(=O)NCCc1nnc(-c2ccccc2)o1. The topological polar surface area (TPSA) is 94.3 Å². The van der Waals surface area contributed by atoms with E-state index in [9.17, 15) is 8.42 Å². The molecule has 1 N–H and O–H groups in total. The van der Waals surface area contributed by atoms with Crippen LogP contribution in [0.3, 0.4) is 0 Å². The molecule has 0 unspecified atom stereocenters. The quantitative estimate of drug-likeness (QED) is 0.670. The van der Waals surface area contributed by atoms with E-state index in [-0.39, 0.29) is 17.9 Å². The standard InChI is InChI=1S/C19H21N3O4S/c1-13-11-16(25-3)17(12-14(13)2)27(23,24)20-10-9-18-21-22-19(26-18)15-7-5-4-6-8-15/h4-8,11-12,20H,9-10H2,1-3H3. The normalized spacial score (nSPS) is 11.5. The number of methoxy groups -OCH3 is 1. The second-order valence-electron chi connectivity index (χ2n) is 6.10. The zero-order valence-corrected chi connectivity index (χ0v) is 16.2. The average molecular weight is 387 g/mol. The third kappa shape index (κ3) is 4.35. The van der Waals surface area contributed by atoms with Crippen LogP contribution in [0.15, 0.2) is 51.8 Å². The molecule has 0 aliphatic heterocycles. The number of aryl methyl sites for hydroxylation is 2. The van der Waals surface area contributed by atoms with Crippen LogP contribution in [0.25, 0.3) is 11.5 Å². The summed E-state index contributed by atoms with van der Waals surface area (Å²) in [5, 5.41) is 7.96. The summed E-state index contributed by atoms with van der Waals surface area (Å²) in [5.41, 5.74) is 2.65. The van der Waals surface area contributed by atoms with Crippen molar-refractivity contribution in [3.63, 3.8) is 0 Å². The fourth-order valence-electron chi connectivity index (χ4n) is 2.55. The first kappa shape index (κ1) is 19.1. The van der Waals surface area contributed by atoms with Crippen LogP contribution < -0.4 is 9.46 Å². The maximum absolute atomic E-state index is 12.6. The van der Waals surface area contributed by atoms with Crippen LogP contribution >= 0.6 is 0 Å². The highest BCUT2D eigenvalue weighted by atomic mass is 32.2. The van der Waals surface area contributed by atoms with Crippen LogP contribution in [-0.4, -0.2) is 32.3 Å². The first-order valence-electron chi connectivity index (χ1n) is 8.43. The number of aromatic nitrogens is 2. The number of benzene rings is 2. The Hall–Kier alpha value is -2.71. The third-order valence-corrected chi connectivity index (χ3v) is 5.67. The minimum absolute atomic E-state index is 0.114. The van der Waals surface area contributed by atoms with Gasteiger partial charge in [-0.15, -0.1) is 10.2 Å². The van der Waals surface area contributed by atoms with E-state index >= 15 is 0 Å². The molecule has 0 amide bonds. The first-order valence-corrected chi connectivity index (χ1v) is 9.92. The van der Waals surface area contributed by atoms with Crippen molar-refractivity contribution in [1.29, 1.82) is 0 Å². The Morgan fingerprint density at radius 2 is 1.78 bits per heavy atom. The Labute approximate surface area is 158 Å². The molecule has 0 atom stereocenters. The highest BCUT2D eigenvalue weighted by Crippen LogP contribution is 2.27. The van der Waals surface area contributed by atoms with Gasteiger partial charge in [0.1, 0.15) is 10.6 Å². The molecular formula is C19H21N3O4S. The summed E-state index contributed by atoms with van der Waals surface area (Å²) >= 11 is 0. The lowest BCUT2D eigenvalue weighted by Gasteiger charge is -2.12. The smallest absolute Gasteiger partial charge is 0.247 e. The summed E-state index contributed by atoms with van der Waals surface area (Å²) in [5.74, 6) is 1.09. The fourth-order valence-corrected chi connectivity index (χ4v) is 3.82. The molecule has 7 nitrogen and oxygen atoms in total. The molecule has 0 fully saturated rings. The molecule has 0 bridgehead atoms. The Kier molecular flexibility index (Phi) is 5.57. The van der Waals surface area contributed by atoms with Crippen molar-refractivity contribution < 1.29 is 17.6 Å². The van der Waals surface area contributed by atoms with E-state index in [0.29, 0.717) is 17.5 Å². The summed E-state index contributed by atoms with van der Waals surface area (Å²) in [6.45, 7) is 3.90. The zero-order chi connectivity index (χ0) is 19.4.